The first-order valence-electron chi connectivity index (χ1n) is 28.7. The van der Waals surface area contributed by atoms with Crippen molar-refractivity contribution in [3.63, 3.8) is 0 Å². The van der Waals surface area contributed by atoms with Crippen LogP contribution in [-0.2, 0) is 19.1 Å². The van der Waals surface area contributed by atoms with Crippen LogP contribution in [0.15, 0.2) is 134 Å². The molecule has 0 aliphatic heterocycles. The standard InChI is InChI=1S/C65H106O5/c1-3-5-7-9-11-13-15-17-19-21-22-23-24-25-26-27-28-29-30-31-32-33-34-35-36-37-38-39-40-41-42-44-46-48-50-52-54-56-58-60-65(68)70-63(61-66)62-69-64(67)59-57-55-53-51-49-47-45-43-20-18-16-14-12-10-8-6-4-2/h5-8,11-14,17-20,22-23,25-26,28-29,31-32,45,47,63,66H,3-4,9-10,15-16,21,24,27,30,33-44,46,48-62H2,1-2H3/b7-5-,8-6-,13-11-,14-12-,19-17-,20-18-,23-22-,26-25-,29-28-,32-31-,47-45-. The number of ether oxygens (including phenoxy) is 2. The zero-order valence-corrected chi connectivity index (χ0v) is 45.2. The monoisotopic (exact) mass is 967 g/mol. The Morgan fingerprint density at radius 1 is 0.329 bits per heavy atom. The van der Waals surface area contributed by atoms with Crippen molar-refractivity contribution in [3.8, 4) is 0 Å². The van der Waals surface area contributed by atoms with E-state index in [9.17, 15) is 14.7 Å². The molecule has 0 rings (SSSR count). The van der Waals surface area contributed by atoms with Crippen molar-refractivity contribution in [2.75, 3.05) is 13.2 Å². The summed E-state index contributed by atoms with van der Waals surface area (Å²) in [6, 6.07) is 0. The van der Waals surface area contributed by atoms with Crippen molar-refractivity contribution >= 4 is 11.9 Å². The van der Waals surface area contributed by atoms with E-state index in [4.69, 9.17) is 9.47 Å². The molecule has 0 aromatic heterocycles. The number of aliphatic hydroxyl groups excluding tert-OH is 1. The summed E-state index contributed by atoms with van der Waals surface area (Å²) >= 11 is 0. The molecule has 0 aromatic carbocycles. The van der Waals surface area contributed by atoms with Crippen LogP contribution >= 0.6 is 0 Å². The highest BCUT2D eigenvalue weighted by atomic mass is 16.6. The zero-order chi connectivity index (χ0) is 50.6. The second-order valence-corrected chi connectivity index (χ2v) is 18.6. The topological polar surface area (TPSA) is 72.8 Å². The maximum Gasteiger partial charge on any atom is 0.306 e. The normalized spacial score (nSPS) is 13.2. The minimum Gasteiger partial charge on any atom is -0.462 e. The molecule has 5 heteroatoms. The number of aliphatic hydroxyl groups is 1. The highest BCUT2D eigenvalue weighted by molar-refractivity contribution is 5.70. The summed E-state index contributed by atoms with van der Waals surface area (Å²) in [5, 5.41) is 9.64. The van der Waals surface area contributed by atoms with Crippen LogP contribution in [-0.4, -0.2) is 36.4 Å². The van der Waals surface area contributed by atoms with Crippen molar-refractivity contribution in [2.45, 2.75) is 251 Å². The number of carbonyl (C=O) groups is 2. The molecule has 0 bridgehead atoms. The van der Waals surface area contributed by atoms with Crippen molar-refractivity contribution in [3.05, 3.63) is 134 Å². The number of hydrogen-bond donors (Lipinski definition) is 1. The van der Waals surface area contributed by atoms with Gasteiger partial charge >= 0.3 is 11.9 Å². The molecule has 0 amide bonds. The molecule has 0 radical (unpaired) electrons. The maximum absolute atomic E-state index is 12.3. The first-order valence-corrected chi connectivity index (χ1v) is 28.7. The summed E-state index contributed by atoms with van der Waals surface area (Å²) in [5.41, 5.74) is 0. The number of unbranched alkanes of at least 4 members (excludes halogenated alkanes) is 21. The Labute approximate surface area is 432 Å². The van der Waals surface area contributed by atoms with Crippen LogP contribution in [0.5, 0.6) is 0 Å². The van der Waals surface area contributed by atoms with Gasteiger partial charge in [-0.25, -0.2) is 0 Å². The SMILES string of the molecule is CC/C=C\C/C=C\C/C=C\C/C=C\C/C=C\C/C=C\C/C=C\CCCCCCCCCCCCCCCCCCCC(=O)OC(CO)COC(=O)CCCCCC/C=C\C/C=C\C/C=C\C/C=C\CC. The molecular formula is C65H106O5. The van der Waals surface area contributed by atoms with Crippen LogP contribution in [0.25, 0.3) is 0 Å². The van der Waals surface area contributed by atoms with Crippen LogP contribution in [0, 0.1) is 0 Å². The van der Waals surface area contributed by atoms with Crippen LogP contribution in [0.1, 0.15) is 245 Å². The second kappa shape index (κ2) is 59.3. The molecule has 0 aliphatic rings. The van der Waals surface area contributed by atoms with Gasteiger partial charge in [-0.15, -0.1) is 0 Å². The summed E-state index contributed by atoms with van der Waals surface area (Å²) in [5.74, 6) is -0.621. The summed E-state index contributed by atoms with van der Waals surface area (Å²) in [7, 11) is 0. The fourth-order valence-corrected chi connectivity index (χ4v) is 7.70. The first-order chi connectivity index (χ1) is 34.6. The average Bonchev–Trinajstić information content (AvgIpc) is 3.36. The van der Waals surface area contributed by atoms with Crippen LogP contribution in [0.4, 0.5) is 0 Å². The predicted octanol–water partition coefficient (Wildman–Crippen LogP) is 19.6. The molecule has 0 saturated heterocycles. The molecule has 0 fully saturated rings. The molecule has 1 N–H and O–H groups in total. The molecule has 396 valence electrons. The third kappa shape index (κ3) is 56.6. The highest BCUT2D eigenvalue weighted by Gasteiger charge is 2.16. The lowest BCUT2D eigenvalue weighted by Gasteiger charge is -2.15. The van der Waals surface area contributed by atoms with Gasteiger partial charge in [0.25, 0.3) is 0 Å². The van der Waals surface area contributed by atoms with Crippen molar-refractivity contribution in [2.24, 2.45) is 0 Å². The van der Waals surface area contributed by atoms with E-state index >= 15 is 0 Å². The third-order valence-electron chi connectivity index (χ3n) is 11.9. The zero-order valence-electron chi connectivity index (χ0n) is 45.2. The lowest BCUT2D eigenvalue weighted by atomic mass is 10.0. The molecule has 1 unspecified atom stereocenters. The molecule has 0 aromatic rings. The fraction of sp³-hybridized carbons (Fsp3) is 0.631. The smallest absolute Gasteiger partial charge is 0.306 e. The number of rotatable bonds is 51. The minimum absolute atomic E-state index is 0.0836. The number of esters is 2. The Balaban J connectivity index is 3.51. The van der Waals surface area contributed by atoms with Gasteiger partial charge in [0, 0.05) is 12.8 Å². The Hall–Kier alpha value is -3.96. The van der Waals surface area contributed by atoms with Crippen LogP contribution in [0.2, 0.25) is 0 Å². The van der Waals surface area contributed by atoms with Gasteiger partial charge in [0.1, 0.15) is 6.61 Å². The summed E-state index contributed by atoms with van der Waals surface area (Å²) in [4.78, 5) is 24.5. The molecular weight excluding hydrogens is 861 g/mol. The van der Waals surface area contributed by atoms with Crippen molar-refractivity contribution in [1.29, 1.82) is 0 Å². The van der Waals surface area contributed by atoms with Gasteiger partial charge in [0.15, 0.2) is 6.10 Å². The van der Waals surface area contributed by atoms with E-state index in [1.165, 1.54) is 96.3 Å². The minimum atomic E-state index is -0.790. The second-order valence-electron chi connectivity index (χ2n) is 18.6. The summed E-state index contributed by atoms with van der Waals surface area (Å²) in [6.07, 6.45) is 88.6. The number of carbonyl (C=O) groups excluding carboxylic acids is 2. The molecule has 0 heterocycles. The van der Waals surface area contributed by atoms with Gasteiger partial charge < -0.3 is 14.6 Å². The summed E-state index contributed by atoms with van der Waals surface area (Å²) < 4.78 is 10.7. The Morgan fingerprint density at radius 2 is 0.571 bits per heavy atom. The Bertz CT molecular complexity index is 1470. The maximum atomic E-state index is 12.3. The van der Waals surface area contributed by atoms with E-state index in [0.29, 0.717) is 12.8 Å². The van der Waals surface area contributed by atoms with E-state index < -0.39 is 6.10 Å². The number of allylic oxidation sites excluding steroid dienone is 22. The lowest BCUT2D eigenvalue weighted by molar-refractivity contribution is -0.161. The molecule has 5 nitrogen and oxygen atoms in total. The molecule has 0 aliphatic carbocycles. The van der Waals surface area contributed by atoms with Crippen molar-refractivity contribution in [1.82, 2.24) is 0 Å². The summed E-state index contributed by atoms with van der Waals surface area (Å²) in [6.45, 7) is 3.89. The first kappa shape index (κ1) is 66.0. The van der Waals surface area contributed by atoms with E-state index in [1.54, 1.807) is 0 Å². The Morgan fingerprint density at radius 3 is 0.857 bits per heavy atom. The van der Waals surface area contributed by atoms with Gasteiger partial charge in [-0.05, 0) is 109 Å². The van der Waals surface area contributed by atoms with E-state index in [-0.39, 0.29) is 25.2 Å². The molecule has 1 atom stereocenters. The van der Waals surface area contributed by atoms with Gasteiger partial charge in [-0.3, -0.25) is 9.59 Å². The largest absolute Gasteiger partial charge is 0.462 e. The molecule has 70 heavy (non-hydrogen) atoms. The van der Waals surface area contributed by atoms with Gasteiger partial charge in [-0.2, -0.15) is 0 Å². The lowest BCUT2D eigenvalue weighted by Crippen LogP contribution is -2.28. The van der Waals surface area contributed by atoms with Crippen molar-refractivity contribution < 1.29 is 24.2 Å². The van der Waals surface area contributed by atoms with E-state index in [0.717, 1.165) is 122 Å². The van der Waals surface area contributed by atoms with Crippen LogP contribution in [0.3, 0.4) is 0 Å². The van der Waals surface area contributed by atoms with Gasteiger partial charge in [0.05, 0.1) is 6.61 Å². The number of hydrogen-bond acceptors (Lipinski definition) is 5. The highest BCUT2D eigenvalue weighted by Crippen LogP contribution is 2.16. The van der Waals surface area contributed by atoms with Gasteiger partial charge in [0.2, 0.25) is 0 Å². The third-order valence-corrected chi connectivity index (χ3v) is 11.9. The Kier molecular flexibility index (Phi) is 56.0. The molecule has 0 saturated carbocycles. The van der Waals surface area contributed by atoms with Crippen LogP contribution < -0.4 is 0 Å². The molecule has 0 spiro atoms. The van der Waals surface area contributed by atoms with E-state index in [2.05, 4.69) is 148 Å². The fourth-order valence-electron chi connectivity index (χ4n) is 7.70. The van der Waals surface area contributed by atoms with E-state index in [1.807, 2.05) is 0 Å². The predicted molar refractivity (Wildman–Crippen MR) is 306 cm³/mol. The quantitative estimate of drug-likeness (QED) is 0.0374. The van der Waals surface area contributed by atoms with Gasteiger partial charge in [-0.1, -0.05) is 257 Å². The average molecular weight is 968 g/mol.